The maximum Gasteiger partial charge on any atom is 0.161 e. The van der Waals surface area contributed by atoms with Crippen LogP contribution in [0, 0.1) is 0 Å². The average Bonchev–Trinajstić information content (AvgIpc) is 2.52. The molecule has 0 bridgehead atoms. The summed E-state index contributed by atoms with van der Waals surface area (Å²) in [5.74, 6) is 1.67. The van der Waals surface area contributed by atoms with Crippen LogP contribution in [0.1, 0.15) is 16.7 Å². The molecule has 0 saturated carbocycles. The standard InChI is InChI=1S/C19H24NO2.HI/c1-20(2)10-9-16-11-19(18(21-3)12-17(16)13-20)22-14-15-7-5-4-6-8-15;/h4-8,11-12H,9-10,13-14H2,1-3H3;1H/q+1;/p-1. The number of rotatable bonds is 4. The van der Waals surface area contributed by atoms with E-state index in [9.17, 15) is 0 Å². The van der Waals surface area contributed by atoms with Gasteiger partial charge in [0.2, 0.25) is 0 Å². The topological polar surface area (TPSA) is 18.5 Å². The summed E-state index contributed by atoms with van der Waals surface area (Å²) >= 11 is 0. The Bertz CT molecular complexity index is 656. The highest BCUT2D eigenvalue weighted by molar-refractivity contribution is 5.48. The third-order valence-electron chi connectivity index (χ3n) is 4.31. The molecule has 3 nitrogen and oxygen atoms in total. The van der Waals surface area contributed by atoms with Crippen LogP contribution in [0.3, 0.4) is 0 Å². The first-order valence-corrected chi connectivity index (χ1v) is 7.76. The van der Waals surface area contributed by atoms with Gasteiger partial charge in [-0.2, -0.15) is 0 Å². The van der Waals surface area contributed by atoms with E-state index in [1.165, 1.54) is 16.7 Å². The zero-order valence-corrected chi connectivity index (χ0v) is 16.2. The molecule has 1 aliphatic heterocycles. The third kappa shape index (κ3) is 4.38. The molecule has 0 atom stereocenters. The summed E-state index contributed by atoms with van der Waals surface area (Å²) in [6, 6.07) is 14.5. The summed E-state index contributed by atoms with van der Waals surface area (Å²) in [5.41, 5.74) is 3.93. The molecule has 4 heteroatoms. The van der Waals surface area contributed by atoms with Gasteiger partial charge in [-0.1, -0.05) is 30.3 Å². The minimum atomic E-state index is 0. The maximum absolute atomic E-state index is 6.00. The van der Waals surface area contributed by atoms with E-state index in [1.807, 2.05) is 18.2 Å². The van der Waals surface area contributed by atoms with Gasteiger partial charge in [0.1, 0.15) is 13.2 Å². The quantitative estimate of drug-likeness (QED) is 0.522. The minimum Gasteiger partial charge on any atom is -1.00 e. The van der Waals surface area contributed by atoms with E-state index in [-0.39, 0.29) is 24.0 Å². The molecule has 0 N–H and O–H groups in total. The van der Waals surface area contributed by atoms with E-state index < -0.39 is 0 Å². The summed E-state index contributed by atoms with van der Waals surface area (Å²) in [5, 5.41) is 0. The van der Waals surface area contributed by atoms with Crippen LogP contribution in [-0.4, -0.2) is 32.2 Å². The van der Waals surface area contributed by atoms with Crippen LogP contribution >= 0.6 is 0 Å². The van der Waals surface area contributed by atoms with Crippen molar-refractivity contribution in [2.75, 3.05) is 27.7 Å². The number of fused-ring (bicyclic) bond motifs is 1. The van der Waals surface area contributed by atoms with Crippen LogP contribution in [0.25, 0.3) is 0 Å². The van der Waals surface area contributed by atoms with Gasteiger partial charge in [-0.25, -0.2) is 0 Å². The fraction of sp³-hybridized carbons (Fsp3) is 0.368. The van der Waals surface area contributed by atoms with Gasteiger partial charge in [0.25, 0.3) is 0 Å². The zero-order valence-electron chi connectivity index (χ0n) is 14.0. The molecule has 0 amide bonds. The van der Waals surface area contributed by atoms with Crippen LogP contribution in [0.2, 0.25) is 0 Å². The number of methoxy groups -OCH3 is 1. The molecule has 0 unspecified atom stereocenters. The first-order chi connectivity index (χ1) is 10.6. The van der Waals surface area contributed by atoms with Crippen molar-refractivity contribution in [1.29, 1.82) is 0 Å². The molecule has 0 radical (unpaired) electrons. The smallest absolute Gasteiger partial charge is 0.161 e. The average molecular weight is 425 g/mol. The van der Waals surface area contributed by atoms with Crippen molar-refractivity contribution in [1.82, 2.24) is 0 Å². The zero-order chi connectivity index (χ0) is 15.6. The third-order valence-corrected chi connectivity index (χ3v) is 4.31. The van der Waals surface area contributed by atoms with Crippen molar-refractivity contribution in [3.63, 3.8) is 0 Å². The molecule has 2 aromatic carbocycles. The minimum absolute atomic E-state index is 0. The Morgan fingerprint density at radius 3 is 2.39 bits per heavy atom. The molecular formula is C19H24INO2. The Morgan fingerprint density at radius 1 is 1.00 bits per heavy atom. The Hall–Kier alpha value is -1.27. The van der Waals surface area contributed by atoms with E-state index >= 15 is 0 Å². The van der Waals surface area contributed by atoms with E-state index in [1.54, 1.807) is 7.11 Å². The van der Waals surface area contributed by atoms with Gasteiger partial charge in [0.15, 0.2) is 11.5 Å². The normalized spacial score (nSPS) is 15.3. The molecule has 124 valence electrons. The van der Waals surface area contributed by atoms with Gasteiger partial charge in [-0.05, 0) is 23.3 Å². The van der Waals surface area contributed by atoms with Gasteiger partial charge >= 0.3 is 0 Å². The Labute approximate surface area is 155 Å². The molecular weight excluding hydrogens is 401 g/mol. The molecule has 0 aliphatic carbocycles. The monoisotopic (exact) mass is 425 g/mol. The van der Waals surface area contributed by atoms with Crippen molar-refractivity contribution in [2.45, 2.75) is 19.6 Å². The predicted octanol–water partition coefficient (Wildman–Crippen LogP) is 0.411. The van der Waals surface area contributed by atoms with Gasteiger partial charge in [0, 0.05) is 12.0 Å². The Morgan fingerprint density at radius 2 is 1.70 bits per heavy atom. The first kappa shape index (κ1) is 18.1. The van der Waals surface area contributed by atoms with Crippen molar-refractivity contribution in [3.8, 4) is 11.5 Å². The van der Waals surface area contributed by atoms with Crippen LogP contribution < -0.4 is 33.5 Å². The van der Waals surface area contributed by atoms with Crippen LogP contribution in [0.5, 0.6) is 11.5 Å². The molecule has 0 saturated heterocycles. The van der Waals surface area contributed by atoms with Gasteiger partial charge < -0.3 is 37.9 Å². The molecule has 0 aromatic heterocycles. The summed E-state index contributed by atoms with van der Waals surface area (Å²) in [7, 11) is 6.25. The van der Waals surface area contributed by atoms with Crippen molar-refractivity contribution in [2.24, 2.45) is 0 Å². The number of hydrogen-bond donors (Lipinski definition) is 0. The number of nitrogens with zero attached hydrogens (tertiary/aromatic N) is 1. The molecule has 1 aliphatic rings. The van der Waals surface area contributed by atoms with Gasteiger partial charge in [0.05, 0.1) is 27.7 Å². The van der Waals surface area contributed by atoms with Crippen molar-refractivity contribution < 1.29 is 37.9 Å². The second kappa shape index (κ2) is 7.53. The van der Waals surface area contributed by atoms with Crippen LogP contribution in [0.15, 0.2) is 42.5 Å². The predicted molar refractivity (Wildman–Crippen MR) is 88.2 cm³/mol. The Balaban J connectivity index is 0.00000192. The molecule has 1 heterocycles. The van der Waals surface area contributed by atoms with Crippen molar-refractivity contribution >= 4 is 0 Å². The summed E-state index contributed by atoms with van der Waals surface area (Å²) in [6.45, 7) is 2.78. The van der Waals surface area contributed by atoms with Crippen molar-refractivity contribution in [3.05, 3.63) is 59.2 Å². The van der Waals surface area contributed by atoms with Crippen LogP contribution in [0.4, 0.5) is 0 Å². The van der Waals surface area contributed by atoms with E-state index in [2.05, 4.69) is 38.4 Å². The summed E-state index contributed by atoms with van der Waals surface area (Å²) in [6.07, 6.45) is 1.09. The number of quaternary nitrogens is 1. The Kier molecular flexibility index (Phi) is 5.92. The second-order valence-corrected chi connectivity index (χ2v) is 6.61. The largest absolute Gasteiger partial charge is 1.00 e. The lowest BCUT2D eigenvalue weighted by Gasteiger charge is -2.35. The fourth-order valence-corrected chi connectivity index (χ4v) is 3.00. The SMILES string of the molecule is COc1cc2c(cc1OCc1ccccc1)CC[N+](C)(C)C2.[I-]. The summed E-state index contributed by atoms with van der Waals surface area (Å²) < 4.78 is 12.6. The molecule has 2 aromatic rings. The van der Waals surface area contributed by atoms with Crippen LogP contribution in [-0.2, 0) is 19.6 Å². The molecule has 0 fully saturated rings. The molecule has 0 spiro atoms. The summed E-state index contributed by atoms with van der Waals surface area (Å²) in [4.78, 5) is 0. The lowest BCUT2D eigenvalue weighted by Crippen LogP contribution is -3.00. The maximum atomic E-state index is 6.00. The first-order valence-electron chi connectivity index (χ1n) is 7.76. The van der Waals surface area contributed by atoms with E-state index in [0.717, 1.165) is 35.5 Å². The highest BCUT2D eigenvalue weighted by Gasteiger charge is 2.25. The molecule has 23 heavy (non-hydrogen) atoms. The highest BCUT2D eigenvalue weighted by Crippen LogP contribution is 2.34. The van der Waals surface area contributed by atoms with E-state index in [4.69, 9.17) is 9.47 Å². The number of benzene rings is 2. The number of hydrogen-bond acceptors (Lipinski definition) is 2. The lowest BCUT2D eigenvalue weighted by molar-refractivity contribution is -0.905. The van der Waals surface area contributed by atoms with Gasteiger partial charge in [-0.15, -0.1) is 0 Å². The highest BCUT2D eigenvalue weighted by atomic mass is 127. The second-order valence-electron chi connectivity index (χ2n) is 6.61. The van der Waals surface area contributed by atoms with E-state index in [0.29, 0.717) is 6.61 Å². The lowest BCUT2D eigenvalue weighted by atomic mass is 9.98. The van der Waals surface area contributed by atoms with Gasteiger partial charge in [-0.3, -0.25) is 0 Å². The number of likely N-dealkylation sites (N-methyl/N-ethyl adjacent to an activating group) is 1. The fourth-order valence-electron chi connectivity index (χ4n) is 3.00. The molecule has 3 rings (SSSR count). The number of ether oxygens (including phenoxy) is 2. The number of halogens is 1.